The fraction of sp³-hybridized carbons (Fsp3) is 0.0192. The summed E-state index contributed by atoms with van der Waals surface area (Å²) in [6, 6.07) is 143. The van der Waals surface area contributed by atoms with Gasteiger partial charge in [-0.1, -0.05) is 382 Å². The van der Waals surface area contributed by atoms with Gasteiger partial charge in [-0.05, 0) is 152 Å². The SMILES string of the molecule is c1ccc(-c2nc(-c3ccccc3)nc(-c3ccc(-c4ccc(-c5ccc6c(c5)C5(c7ccccc7-c7ccccc75)c5ccccc5-6)cc4)cc3)n2)cc1.c1ccc(-c2nc(-c3ccccc3)nc(-c3cccc(-c4ccc(-c5ccc6c(c5)C5(c7ccccc7-c7ccccc75)c5ccccc5-6)cc4)c3)n2)cc1. The van der Waals surface area contributed by atoms with Gasteiger partial charge in [0.2, 0.25) is 0 Å². The maximum atomic E-state index is 4.97. The Morgan fingerprint density at radius 2 is 0.300 bits per heavy atom. The molecule has 2 spiro atoms. The van der Waals surface area contributed by atoms with Crippen molar-refractivity contribution in [1.29, 1.82) is 0 Å². The first-order valence-corrected chi connectivity index (χ1v) is 37.6. The Kier molecular flexibility index (Phi) is 15.3. The molecule has 16 aromatic carbocycles. The zero-order chi connectivity index (χ0) is 72.7. The van der Waals surface area contributed by atoms with E-state index in [4.69, 9.17) is 29.9 Å². The van der Waals surface area contributed by atoms with Gasteiger partial charge in [0.05, 0.1) is 10.8 Å². The average molecular weight is 1400 g/mol. The first-order chi connectivity index (χ1) is 54.5. The molecule has 0 fully saturated rings. The Bertz CT molecular complexity index is 6370. The van der Waals surface area contributed by atoms with Crippen LogP contribution in [-0.2, 0) is 10.8 Å². The van der Waals surface area contributed by atoms with Crippen molar-refractivity contribution in [2.45, 2.75) is 10.8 Å². The van der Waals surface area contributed by atoms with Gasteiger partial charge in [-0.15, -0.1) is 0 Å². The molecule has 0 N–H and O–H groups in total. The van der Waals surface area contributed by atoms with Gasteiger partial charge in [0.25, 0.3) is 0 Å². The van der Waals surface area contributed by atoms with Crippen molar-refractivity contribution in [2.24, 2.45) is 0 Å². The number of hydrogen-bond donors (Lipinski definition) is 0. The first-order valence-electron chi connectivity index (χ1n) is 37.6. The molecule has 18 aromatic rings. The molecule has 0 radical (unpaired) electrons. The normalized spacial score (nSPS) is 12.9. The van der Waals surface area contributed by atoms with Crippen LogP contribution in [0, 0.1) is 0 Å². The summed E-state index contributed by atoms with van der Waals surface area (Å²) in [7, 11) is 0. The van der Waals surface area contributed by atoms with E-state index < -0.39 is 0 Å². The summed E-state index contributed by atoms with van der Waals surface area (Å²) in [5.74, 6) is 3.93. The Balaban J connectivity index is 0.000000140. The number of aromatic nitrogens is 6. The van der Waals surface area contributed by atoms with Gasteiger partial charge in [0.15, 0.2) is 34.9 Å². The van der Waals surface area contributed by atoms with Crippen LogP contribution in [0.2, 0.25) is 0 Å². The van der Waals surface area contributed by atoms with Crippen molar-refractivity contribution in [2.75, 3.05) is 0 Å². The highest BCUT2D eigenvalue weighted by atomic mass is 15.0. The van der Waals surface area contributed by atoms with E-state index in [1.54, 1.807) is 0 Å². The summed E-state index contributed by atoms with van der Waals surface area (Å²) >= 11 is 0. The van der Waals surface area contributed by atoms with Crippen LogP contribution in [0.25, 0.3) is 157 Å². The molecular formula is C104H66N6. The third-order valence-corrected chi connectivity index (χ3v) is 22.8. The number of rotatable bonds is 10. The minimum atomic E-state index is -0.356. The maximum Gasteiger partial charge on any atom is 0.164 e. The molecule has 6 heteroatoms. The highest BCUT2D eigenvalue weighted by Gasteiger charge is 2.53. The van der Waals surface area contributed by atoms with Gasteiger partial charge in [-0.2, -0.15) is 0 Å². The van der Waals surface area contributed by atoms with Crippen LogP contribution in [0.1, 0.15) is 44.5 Å². The highest BCUT2D eigenvalue weighted by molar-refractivity contribution is 5.98. The van der Waals surface area contributed by atoms with Gasteiger partial charge in [0, 0.05) is 33.4 Å². The van der Waals surface area contributed by atoms with Crippen molar-refractivity contribution in [3.8, 4) is 157 Å². The topological polar surface area (TPSA) is 77.3 Å². The van der Waals surface area contributed by atoms with Gasteiger partial charge >= 0.3 is 0 Å². The second kappa shape index (κ2) is 26.2. The van der Waals surface area contributed by atoms with E-state index in [9.17, 15) is 0 Å². The highest BCUT2D eigenvalue weighted by Crippen LogP contribution is 2.65. The molecule has 2 aromatic heterocycles. The molecular weight excluding hydrogens is 1330 g/mol. The van der Waals surface area contributed by atoms with E-state index in [1.165, 1.54) is 111 Å². The molecule has 0 aliphatic heterocycles. The van der Waals surface area contributed by atoms with Crippen LogP contribution < -0.4 is 0 Å². The van der Waals surface area contributed by atoms with Crippen molar-refractivity contribution < 1.29 is 0 Å². The lowest BCUT2D eigenvalue weighted by atomic mass is 9.70. The van der Waals surface area contributed by atoms with Crippen LogP contribution in [-0.4, -0.2) is 29.9 Å². The standard InChI is InChI=1S/2C52H33N3/c1-3-14-36(15-4-1)49-53-50(37-16-5-2-6-17-37)55-51(54-49)40-19-13-18-38(32-40)34-26-28-35(29-27-34)39-30-31-44-43-22-9-12-25-47(43)52(48(44)33-39)45-23-10-7-20-41(45)42-21-8-11-24-46(42)52;1-3-13-37(14-4-1)49-53-50(38-15-5-2-6-16-38)55-51(54-49)39-29-27-35(28-30-39)34-23-25-36(26-24-34)40-31-32-44-43-19-9-12-22-47(43)52(48(44)33-40)45-20-10-7-17-41(45)42-18-8-11-21-46(42)52/h2*1-33H. The lowest BCUT2D eigenvalue weighted by Gasteiger charge is -2.30. The summed E-state index contributed by atoms with van der Waals surface area (Å²) < 4.78 is 0. The van der Waals surface area contributed by atoms with Gasteiger partial charge < -0.3 is 0 Å². The van der Waals surface area contributed by atoms with E-state index in [-0.39, 0.29) is 10.8 Å². The summed E-state index contributed by atoms with van der Waals surface area (Å²) in [5.41, 5.74) is 35.8. The zero-order valence-electron chi connectivity index (χ0n) is 59.8. The molecule has 0 saturated heterocycles. The summed E-state index contributed by atoms with van der Waals surface area (Å²) in [6.07, 6.45) is 0. The molecule has 4 aliphatic carbocycles. The van der Waals surface area contributed by atoms with Gasteiger partial charge in [-0.25, -0.2) is 29.9 Å². The zero-order valence-corrected chi connectivity index (χ0v) is 59.8. The lowest BCUT2D eigenvalue weighted by molar-refractivity contribution is 0.794. The second-order valence-corrected chi connectivity index (χ2v) is 28.7. The van der Waals surface area contributed by atoms with Crippen LogP contribution in [0.3, 0.4) is 0 Å². The Hall–Kier alpha value is -14.5. The van der Waals surface area contributed by atoms with E-state index in [0.717, 1.165) is 55.6 Å². The smallest absolute Gasteiger partial charge is 0.164 e. The van der Waals surface area contributed by atoms with E-state index in [2.05, 4.69) is 279 Å². The molecule has 0 unspecified atom stereocenters. The predicted octanol–water partition coefficient (Wildman–Crippen LogP) is 25.1. The molecule has 0 bridgehead atoms. The number of fused-ring (bicyclic) bond motifs is 20. The monoisotopic (exact) mass is 1400 g/mol. The molecule has 0 atom stereocenters. The van der Waals surface area contributed by atoms with Crippen LogP contribution in [0.4, 0.5) is 0 Å². The molecule has 512 valence electrons. The minimum absolute atomic E-state index is 0.348. The number of benzene rings is 16. The van der Waals surface area contributed by atoms with E-state index in [1.807, 2.05) is 121 Å². The molecule has 6 nitrogen and oxygen atoms in total. The maximum absolute atomic E-state index is 4.97. The molecule has 4 aliphatic rings. The summed E-state index contributed by atoms with van der Waals surface area (Å²) in [4.78, 5) is 29.5. The van der Waals surface area contributed by atoms with Crippen molar-refractivity contribution in [3.63, 3.8) is 0 Å². The predicted molar refractivity (Wildman–Crippen MR) is 447 cm³/mol. The third-order valence-electron chi connectivity index (χ3n) is 22.8. The fourth-order valence-electron chi connectivity index (χ4n) is 17.8. The Morgan fingerprint density at radius 3 is 0.582 bits per heavy atom. The van der Waals surface area contributed by atoms with Crippen molar-refractivity contribution in [3.05, 3.63) is 445 Å². The van der Waals surface area contributed by atoms with E-state index in [0.29, 0.717) is 34.9 Å². The lowest BCUT2D eigenvalue weighted by Crippen LogP contribution is -2.25. The van der Waals surface area contributed by atoms with Crippen LogP contribution >= 0.6 is 0 Å². The molecule has 0 amide bonds. The van der Waals surface area contributed by atoms with Crippen LogP contribution in [0.15, 0.2) is 400 Å². The quantitative estimate of drug-likeness (QED) is 0.136. The van der Waals surface area contributed by atoms with E-state index >= 15 is 0 Å². The molecule has 0 saturated carbocycles. The first kappa shape index (κ1) is 64.0. The summed E-state index contributed by atoms with van der Waals surface area (Å²) in [5, 5.41) is 0. The minimum Gasteiger partial charge on any atom is -0.208 e. The molecule has 22 rings (SSSR count). The third kappa shape index (κ3) is 10.4. The van der Waals surface area contributed by atoms with Gasteiger partial charge in [-0.3, -0.25) is 0 Å². The molecule has 110 heavy (non-hydrogen) atoms. The fourth-order valence-corrected chi connectivity index (χ4v) is 17.8. The number of nitrogens with zero attached hydrogens (tertiary/aromatic N) is 6. The average Bonchev–Trinajstić information content (AvgIpc) is 1.52. The number of hydrogen-bond acceptors (Lipinski definition) is 6. The van der Waals surface area contributed by atoms with Gasteiger partial charge in [0.1, 0.15) is 0 Å². The Morgan fingerprint density at radius 1 is 0.118 bits per heavy atom. The van der Waals surface area contributed by atoms with Crippen molar-refractivity contribution >= 4 is 0 Å². The largest absolute Gasteiger partial charge is 0.208 e. The molecule has 2 heterocycles. The summed E-state index contributed by atoms with van der Waals surface area (Å²) in [6.45, 7) is 0. The van der Waals surface area contributed by atoms with Crippen LogP contribution in [0.5, 0.6) is 0 Å². The Labute approximate surface area is 638 Å². The second-order valence-electron chi connectivity index (χ2n) is 28.7. The van der Waals surface area contributed by atoms with Crippen molar-refractivity contribution in [1.82, 2.24) is 29.9 Å².